The van der Waals surface area contributed by atoms with Crippen molar-refractivity contribution in [3.05, 3.63) is 35.4 Å². The maximum atomic E-state index is 11.9. The Kier molecular flexibility index (Phi) is 6.88. The van der Waals surface area contributed by atoms with Gasteiger partial charge in [0.05, 0.1) is 11.6 Å². The molecule has 0 unspecified atom stereocenters. The number of nitrogens with zero attached hydrogens (tertiary/aromatic N) is 1. The van der Waals surface area contributed by atoms with Gasteiger partial charge in [-0.15, -0.1) is 11.8 Å². The van der Waals surface area contributed by atoms with Crippen molar-refractivity contribution in [2.45, 2.75) is 56.8 Å². The smallest absolute Gasteiger partial charge is 0.408 e. The Labute approximate surface area is 152 Å². The third-order valence-electron chi connectivity index (χ3n) is 3.30. The lowest BCUT2D eigenvalue weighted by Gasteiger charge is -2.32. The average molecular weight is 364 g/mol. The van der Waals surface area contributed by atoms with Gasteiger partial charge in [0, 0.05) is 10.5 Å². The van der Waals surface area contributed by atoms with E-state index in [0.717, 1.165) is 5.56 Å². The van der Waals surface area contributed by atoms with E-state index in [-0.39, 0.29) is 0 Å². The van der Waals surface area contributed by atoms with Crippen LogP contribution in [0.4, 0.5) is 4.79 Å². The summed E-state index contributed by atoms with van der Waals surface area (Å²) in [4.78, 5) is 23.6. The molecule has 1 rings (SSSR count). The zero-order valence-electron chi connectivity index (χ0n) is 15.1. The molecular formula is C18H24N2O4S. The van der Waals surface area contributed by atoms with Crippen LogP contribution >= 0.6 is 11.8 Å². The highest BCUT2D eigenvalue weighted by molar-refractivity contribution is 7.99. The molecule has 1 aromatic rings. The van der Waals surface area contributed by atoms with Crippen molar-refractivity contribution in [3.8, 4) is 6.07 Å². The van der Waals surface area contributed by atoms with Crippen molar-refractivity contribution in [1.29, 1.82) is 5.26 Å². The van der Waals surface area contributed by atoms with Crippen LogP contribution in [-0.4, -0.2) is 33.6 Å². The number of hydrogen-bond acceptors (Lipinski definition) is 5. The average Bonchev–Trinajstić information content (AvgIpc) is 2.49. The van der Waals surface area contributed by atoms with E-state index >= 15 is 0 Å². The third-order valence-corrected chi connectivity index (χ3v) is 4.75. The molecule has 0 fully saturated rings. The van der Waals surface area contributed by atoms with Crippen LogP contribution < -0.4 is 5.32 Å². The molecule has 2 N–H and O–H groups in total. The van der Waals surface area contributed by atoms with Crippen molar-refractivity contribution in [3.63, 3.8) is 0 Å². The van der Waals surface area contributed by atoms with Crippen molar-refractivity contribution >= 4 is 23.8 Å². The number of amides is 1. The van der Waals surface area contributed by atoms with Gasteiger partial charge in [-0.1, -0.05) is 12.1 Å². The first-order valence-corrected chi connectivity index (χ1v) is 8.78. The predicted octanol–water partition coefficient (Wildman–Crippen LogP) is 3.55. The summed E-state index contributed by atoms with van der Waals surface area (Å²) < 4.78 is 4.38. The highest BCUT2D eigenvalue weighted by Crippen LogP contribution is 2.32. The highest BCUT2D eigenvalue weighted by atomic mass is 32.2. The predicted molar refractivity (Wildman–Crippen MR) is 97.3 cm³/mol. The van der Waals surface area contributed by atoms with Crippen molar-refractivity contribution in [2.75, 3.05) is 0 Å². The number of nitriles is 1. The van der Waals surface area contributed by atoms with Gasteiger partial charge in [0.15, 0.2) is 0 Å². The molecule has 0 radical (unpaired) electrons. The summed E-state index contributed by atoms with van der Waals surface area (Å²) in [7, 11) is 0. The molecule has 0 aliphatic carbocycles. The molecule has 0 bridgehead atoms. The number of benzene rings is 1. The van der Waals surface area contributed by atoms with Crippen LogP contribution in [0.2, 0.25) is 0 Å². The minimum absolute atomic E-state index is 0.554. The Morgan fingerprint density at radius 3 is 2.24 bits per heavy atom. The van der Waals surface area contributed by atoms with Crippen LogP contribution in [0.5, 0.6) is 0 Å². The maximum Gasteiger partial charge on any atom is 0.408 e. The van der Waals surface area contributed by atoms with Crippen LogP contribution in [0, 0.1) is 11.3 Å². The number of thioether (sulfide) groups is 1. The van der Waals surface area contributed by atoms with E-state index in [9.17, 15) is 14.7 Å². The summed E-state index contributed by atoms with van der Waals surface area (Å²) in [5, 5.41) is 20.8. The lowest BCUT2D eigenvalue weighted by molar-refractivity contribution is -0.140. The zero-order chi connectivity index (χ0) is 19.3. The number of carboxylic acids is 1. The van der Waals surface area contributed by atoms with E-state index in [1.54, 1.807) is 46.8 Å². The Morgan fingerprint density at radius 2 is 1.80 bits per heavy atom. The molecule has 0 aromatic heterocycles. The quantitative estimate of drug-likeness (QED) is 0.801. The molecular weight excluding hydrogens is 340 g/mol. The van der Waals surface area contributed by atoms with Crippen LogP contribution in [-0.2, 0) is 15.3 Å². The fraction of sp³-hybridized carbons (Fsp3) is 0.500. The van der Waals surface area contributed by atoms with Gasteiger partial charge in [-0.3, -0.25) is 0 Å². The van der Waals surface area contributed by atoms with Crippen molar-refractivity contribution in [1.82, 2.24) is 5.32 Å². The number of hydrogen-bond donors (Lipinski definition) is 2. The van der Waals surface area contributed by atoms with Gasteiger partial charge in [0.25, 0.3) is 0 Å². The molecule has 1 atom stereocenters. The van der Waals surface area contributed by atoms with Gasteiger partial charge >= 0.3 is 12.1 Å². The topological polar surface area (TPSA) is 99.4 Å². The maximum absolute atomic E-state index is 11.9. The first kappa shape index (κ1) is 20.8. The molecule has 0 aliphatic heterocycles. The SMILES string of the molecule is CC(C)(C)OC(=O)N[C@H](C(=O)O)C(C)(C)SCc1ccc(C#N)cc1. The number of alkyl carbamates (subject to hydrolysis) is 1. The summed E-state index contributed by atoms with van der Waals surface area (Å²) >= 11 is 1.41. The minimum Gasteiger partial charge on any atom is -0.480 e. The Balaban J connectivity index is 2.77. The van der Waals surface area contributed by atoms with Gasteiger partial charge in [0.1, 0.15) is 11.6 Å². The number of rotatable bonds is 6. The standard InChI is InChI=1S/C18H24N2O4S/c1-17(2,3)24-16(23)20-14(15(21)22)18(4,5)25-11-13-8-6-12(10-19)7-9-13/h6-9,14H,11H2,1-5H3,(H,20,23)(H,21,22)/t14-/m1/s1. The molecule has 0 saturated carbocycles. The van der Waals surface area contributed by atoms with Gasteiger partial charge in [0.2, 0.25) is 0 Å². The first-order chi connectivity index (χ1) is 11.4. The molecule has 0 spiro atoms. The van der Waals surface area contributed by atoms with E-state index in [1.165, 1.54) is 11.8 Å². The number of carbonyl (C=O) groups excluding carboxylic acids is 1. The third kappa shape index (κ3) is 7.06. The van der Waals surface area contributed by atoms with E-state index in [4.69, 9.17) is 10.00 Å². The van der Waals surface area contributed by atoms with Crippen LogP contribution in [0.3, 0.4) is 0 Å². The number of carboxylic acid groups (broad SMARTS) is 1. The van der Waals surface area contributed by atoms with Crippen LogP contribution in [0.1, 0.15) is 45.7 Å². The van der Waals surface area contributed by atoms with Crippen LogP contribution in [0.15, 0.2) is 24.3 Å². The fourth-order valence-electron chi connectivity index (χ4n) is 1.99. The Morgan fingerprint density at radius 1 is 1.24 bits per heavy atom. The largest absolute Gasteiger partial charge is 0.480 e. The Bertz CT molecular complexity index is 657. The number of carbonyl (C=O) groups is 2. The summed E-state index contributed by atoms with van der Waals surface area (Å²) in [6, 6.07) is 8.05. The van der Waals surface area contributed by atoms with Gasteiger partial charge < -0.3 is 15.2 Å². The summed E-state index contributed by atoms with van der Waals surface area (Å²) in [6.07, 6.45) is -0.757. The summed E-state index contributed by atoms with van der Waals surface area (Å²) in [6.45, 7) is 8.67. The van der Waals surface area contributed by atoms with Gasteiger partial charge in [-0.05, 0) is 52.3 Å². The second-order valence-electron chi connectivity index (χ2n) is 7.12. The molecule has 0 saturated heterocycles. The molecule has 1 amide bonds. The normalized spacial score (nSPS) is 12.8. The Hall–Kier alpha value is -2.20. The molecule has 7 heteroatoms. The molecule has 1 aromatic carbocycles. The minimum atomic E-state index is -1.12. The molecule has 6 nitrogen and oxygen atoms in total. The number of ether oxygens (including phenoxy) is 1. The first-order valence-electron chi connectivity index (χ1n) is 7.80. The fourth-order valence-corrected chi connectivity index (χ4v) is 3.04. The number of aliphatic carboxylic acids is 1. The molecule has 136 valence electrons. The molecule has 0 aliphatic rings. The van der Waals surface area contributed by atoms with Gasteiger partial charge in [-0.25, -0.2) is 9.59 Å². The van der Waals surface area contributed by atoms with Gasteiger partial charge in [-0.2, -0.15) is 5.26 Å². The molecule has 25 heavy (non-hydrogen) atoms. The summed E-state index contributed by atoms with van der Waals surface area (Å²) in [5.74, 6) is -0.568. The highest BCUT2D eigenvalue weighted by Gasteiger charge is 2.38. The number of nitrogens with one attached hydrogen (secondary N) is 1. The second-order valence-corrected chi connectivity index (χ2v) is 8.75. The van der Waals surface area contributed by atoms with Crippen LogP contribution in [0.25, 0.3) is 0 Å². The zero-order valence-corrected chi connectivity index (χ0v) is 15.9. The van der Waals surface area contributed by atoms with E-state index in [0.29, 0.717) is 11.3 Å². The molecule has 0 heterocycles. The van der Waals surface area contributed by atoms with E-state index in [2.05, 4.69) is 11.4 Å². The summed E-state index contributed by atoms with van der Waals surface area (Å²) in [5.41, 5.74) is 0.842. The van der Waals surface area contributed by atoms with E-state index < -0.39 is 28.5 Å². The lowest BCUT2D eigenvalue weighted by Crippen LogP contribution is -2.53. The van der Waals surface area contributed by atoms with Crippen molar-refractivity contribution in [2.24, 2.45) is 0 Å². The monoisotopic (exact) mass is 364 g/mol. The van der Waals surface area contributed by atoms with Crippen molar-refractivity contribution < 1.29 is 19.4 Å². The lowest BCUT2D eigenvalue weighted by atomic mass is 10.0. The second kappa shape index (κ2) is 8.26. The van der Waals surface area contributed by atoms with E-state index in [1.807, 2.05) is 12.1 Å².